The molecule has 5 aromatic heterocycles. The lowest BCUT2D eigenvalue weighted by molar-refractivity contribution is 0.220. The number of hydrogen-bond donors (Lipinski definition) is 2. The minimum Gasteiger partial charge on any atom is -0.335 e. The molecule has 8 nitrogen and oxygen atoms in total. The van der Waals surface area contributed by atoms with Crippen LogP contribution in [0.25, 0.3) is 55.7 Å². The number of imidazole rings is 1. The van der Waals surface area contributed by atoms with E-state index in [1.807, 2.05) is 36.9 Å². The number of fused-ring (bicyclic) bond motifs is 2. The third kappa shape index (κ3) is 4.15. The Kier molecular flexibility index (Phi) is 5.44. The van der Waals surface area contributed by atoms with Gasteiger partial charge >= 0.3 is 0 Å². The normalized spacial score (nSPS) is 14.5. The van der Waals surface area contributed by atoms with Gasteiger partial charge in [-0.05, 0) is 61.3 Å². The molecule has 6 heterocycles. The molecule has 2 N–H and O–H groups in total. The largest absolute Gasteiger partial charge is 0.335 e. The monoisotopic (exact) mass is 486 g/mol. The molecule has 0 bridgehead atoms. The molecule has 8 heteroatoms. The molecule has 0 spiro atoms. The van der Waals surface area contributed by atoms with Gasteiger partial charge in [0.05, 0.1) is 17.2 Å². The Morgan fingerprint density at radius 3 is 2.57 bits per heavy atom. The molecule has 1 saturated heterocycles. The van der Waals surface area contributed by atoms with E-state index >= 15 is 0 Å². The molecule has 37 heavy (non-hydrogen) atoms. The third-order valence-electron chi connectivity index (χ3n) is 7.14. The van der Waals surface area contributed by atoms with Crippen LogP contribution < -0.4 is 0 Å². The second-order valence-corrected chi connectivity index (χ2v) is 9.66. The van der Waals surface area contributed by atoms with Gasteiger partial charge in [-0.25, -0.2) is 4.98 Å². The highest BCUT2D eigenvalue weighted by molar-refractivity contribution is 5.97. The van der Waals surface area contributed by atoms with Crippen LogP contribution in [0.5, 0.6) is 0 Å². The van der Waals surface area contributed by atoms with Crippen LogP contribution in [0.1, 0.15) is 24.8 Å². The first-order valence-corrected chi connectivity index (χ1v) is 12.7. The predicted octanol–water partition coefficient (Wildman–Crippen LogP) is 5.61. The number of aromatic amines is 2. The molecule has 0 saturated carbocycles. The van der Waals surface area contributed by atoms with Crippen molar-refractivity contribution in [2.24, 2.45) is 0 Å². The zero-order chi connectivity index (χ0) is 24.6. The lowest BCUT2D eigenvalue weighted by Gasteiger charge is -2.26. The Balaban J connectivity index is 1.26. The number of rotatable bonds is 5. The molecule has 0 atom stereocenters. The summed E-state index contributed by atoms with van der Waals surface area (Å²) in [6.07, 6.45) is 15.1. The van der Waals surface area contributed by atoms with Gasteiger partial charge in [-0.15, -0.1) is 0 Å². The first-order valence-electron chi connectivity index (χ1n) is 12.7. The van der Waals surface area contributed by atoms with Gasteiger partial charge in [0.25, 0.3) is 0 Å². The molecule has 1 aliphatic rings. The fraction of sp³-hybridized carbons (Fsp3) is 0.207. The number of nitrogens with zero attached hydrogens (tertiary/aromatic N) is 6. The molecule has 7 rings (SSSR count). The Morgan fingerprint density at radius 2 is 1.68 bits per heavy atom. The lowest BCUT2D eigenvalue weighted by atomic mass is 10.0. The summed E-state index contributed by atoms with van der Waals surface area (Å²) in [5.41, 5.74) is 8.82. The summed E-state index contributed by atoms with van der Waals surface area (Å²) >= 11 is 0. The highest BCUT2D eigenvalue weighted by Gasteiger charge is 2.17. The first kappa shape index (κ1) is 21.8. The molecular weight excluding hydrogens is 460 g/mol. The molecule has 182 valence electrons. The van der Waals surface area contributed by atoms with E-state index in [1.54, 1.807) is 12.4 Å². The van der Waals surface area contributed by atoms with Crippen molar-refractivity contribution >= 4 is 21.9 Å². The van der Waals surface area contributed by atoms with Crippen molar-refractivity contribution in [2.45, 2.75) is 25.8 Å². The maximum atomic E-state index is 4.94. The number of piperidine rings is 1. The highest BCUT2D eigenvalue weighted by atomic mass is 15.1. The maximum Gasteiger partial charge on any atom is 0.159 e. The van der Waals surface area contributed by atoms with Crippen molar-refractivity contribution in [1.29, 1.82) is 0 Å². The van der Waals surface area contributed by atoms with Crippen molar-refractivity contribution in [2.75, 3.05) is 13.1 Å². The smallest absolute Gasteiger partial charge is 0.159 e. The molecule has 1 fully saturated rings. The first-order chi connectivity index (χ1) is 18.3. The summed E-state index contributed by atoms with van der Waals surface area (Å²) in [7, 11) is 0. The van der Waals surface area contributed by atoms with E-state index in [0.717, 1.165) is 56.4 Å². The van der Waals surface area contributed by atoms with E-state index in [2.05, 4.69) is 59.3 Å². The van der Waals surface area contributed by atoms with Gasteiger partial charge in [-0.3, -0.25) is 25.0 Å². The number of pyridine rings is 3. The maximum absolute atomic E-state index is 4.94. The highest BCUT2D eigenvalue weighted by Crippen LogP contribution is 2.32. The quantitative estimate of drug-likeness (QED) is 0.329. The molecule has 1 aliphatic heterocycles. The molecule has 6 aromatic rings. The summed E-state index contributed by atoms with van der Waals surface area (Å²) in [6.45, 7) is 3.29. The average molecular weight is 487 g/mol. The van der Waals surface area contributed by atoms with Crippen LogP contribution in [-0.2, 0) is 6.54 Å². The van der Waals surface area contributed by atoms with Gasteiger partial charge in [-0.1, -0.05) is 18.6 Å². The van der Waals surface area contributed by atoms with Crippen molar-refractivity contribution < 1.29 is 0 Å². The van der Waals surface area contributed by atoms with E-state index < -0.39 is 0 Å². The van der Waals surface area contributed by atoms with Crippen molar-refractivity contribution in [3.8, 4) is 33.8 Å². The van der Waals surface area contributed by atoms with Crippen LogP contribution in [-0.4, -0.2) is 53.1 Å². The van der Waals surface area contributed by atoms with Crippen LogP contribution in [0.2, 0.25) is 0 Å². The van der Waals surface area contributed by atoms with Gasteiger partial charge in [0.15, 0.2) is 5.82 Å². The second-order valence-electron chi connectivity index (χ2n) is 9.66. The minimum atomic E-state index is 0.702. The number of nitrogens with one attached hydrogen (secondary N) is 2. The summed E-state index contributed by atoms with van der Waals surface area (Å²) < 4.78 is 0. The van der Waals surface area contributed by atoms with Crippen LogP contribution >= 0.6 is 0 Å². The number of aromatic nitrogens is 7. The number of H-pyrrole nitrogens is 2. The van der Waals surface area contributed by atoms with Crippen molar-refractivity contribution in [3.63, 3.8) is 0 Å². The Bertz CT molecular complexity index is 1700. The van der Waals surface area contributed by atoms with E-state index in [-0.39, 0.29) is 0 Å². The summed E-state index contributed by atoms with van der Waals surface area (Å²) in [4.78, 5) is 24.1. The fourth-order valence-electron chi connectivity index (χ4n) is 5.26. The van der Waals surface area contributed by atoms with Crippen LogP contribution in [0.3, 0.4) is 0 Å². The van der Waals surface area contributed by atoms with Gasteiger partial charge in [0.1, 0.15) is 11.2 Å². The summed E-state index contributed by atoms with van der Waals surface area (Å²) in [6, 6.07) is 12.6. The number of benzene rings is 1. The molecule has 0 aliphatic carbocycles. The zero-order valence-electron chi connectivity index (χ0n) is 20.4. The van der Waals surface area contributed by atoms with E-state index in [4.69, 9.17) is 4.98 Å². The molecule has 0 amide bonds. The second kappa shape index (κ2) is 9.22. The van der Waals surface area contributed by atoms with Crippen molar-refractivity contribution in [1.82, 2.24) is 40.0 Å². The van der Waals surface area contributed by atoms with Crippen molar-refractivity contribution in [3.05, 3.63) is 79.1 Å². The fourth-order valence-corrected chi connectivity index (χ4v) is 5.26. The average Bonchev–Trinajstić information content (AvgIpc) is 3.58. The van der Waals surface area contributed by atoms with Gasteiger partial charge in [0, 0.05) is 59.6 Å². The summed E-state index contributed by atoms with van der Waals surface area (Å²) in [5, 5.41) is 8.79. The van der Waals surface area contributed by atoms with Gasteiger partial charge in [-0.2, -0.15) is 5.10 Å². The number of hydrogen-bond acceptors (Lipinski definition) is 6. The molecule has 0 radical (unpaired) electrons. The molecule has 0 unspecified atom stereocenters. The zero-order valence-corrected chi connectivity index (χ0v) is 20.4. The summed E-state index contributed by atoms with van der Waals surface area (Å²) in [5.74, 6) is 0.702. The third-order valence-corrected chi connectivity index (χ3v) is 7.14. The Morgan fingerprint density at radius 1 is 0.784 bits per heavy atom. The minimum absolute atomic E-state index is 0.702. The lowest BCUT2D eigenvalue weighted by Crippen LogP contribution is -2.29. The van der Waals surface area contributed by atoms with E-state index in [9.17, 15) is 0 Å². The standard InChI is InChI=1S/C29H26N8/c1-2-9-37(10-3-1)18-19-11-22(15-31-13-19)20-6-7-25-23(12-20)28(36-35-25)29-33-26-17-32-16-24(27(26)34-29)21-5-4-8-30-14-21/h4-8,11-17H,1-3,9-10,18H2,(H,33,34)(H,35,36). The Hall–Kier alpha value is -4.43. The van der Waals surface area contributed by atoms with Crippen LogP contribution in [0, 0.1) is 0 Å². The predicted molar refractivity (Wildman–Crippen MR) is 145 cm³/mol. The van der Waals surface area contributed by atoms with Crippen LogP contribution in [0.4, 0.5) is 0 Å². The van der Waals surface area contributed by atoms with E-state index in [1.165, 1.54) is 37.9 Å². The molecule has 1 aromatic carbocycles. The van der Waals surface area contributed by atoms with E-state index in [0.29, 0.717) is 5.82 Å². The Labute approximate surface area is 213 Å². The SMILES string of the molecule is c1cncc(-c2cncc3[nH]c(-c4n[nH]c5ccc(-c6cncc(CN7CCCCC7)c6)cc45)nc23)c1. The topological polar surface area (TPSA) is 99.3 Å². The number of likely N-dealkylation sites (tertiary alicyclic amines) is 1. The van der Waals surface area contributed by atoms with Gasteiger partial charge < -0.3 is 4.98 Å². The molecular formula is C29H26N8. The van der Waals surface area contributed by atoms with Gasteiger partial charge in [0.2, 0.25) is 0 Å². The van der Waals surface area contributed by atoms with Crippen LogP contribution in [0.15, 0.2) is 73.6 Å².